The Kier molecular flexibility index (Phi) is 4.49. The molecular weight excluding hydrogens is 358 g/mol. The summed E-state index contributed by atoms with van der Waals surface area (Å²) in [6, 6.07) is 27.8. The van der Waals surface area contributed by atoms with Gasteiger partial charge in [0.05, 0.1) is 0 Å². The van der Waals surface area contributed by atoms with Crippen molar-refractivity contribution < 1.29 is 9.53 Å². The van der Waals surface area contributed by atoms with Crippen molar-refractivity contribution in [2.24, 2.45) is 0 Å². The lowest BCUT2D eigenvalue weighted by Crippen LogP contribution is -2.12. The molecule has 0 unspecified atom stereocenters. The smallest absolute Gasteiger partial charge is 0.255 e. The molecule has 0 saturated carbocycles. The fourth-order valence-corrected chi connectivity index (χ4v) is 4.02. The number of amides is 1. The maximum atomic E-state index is 12.9. The summed E-state index contributed by atoms with van der Waals surface area (Å²) in [5.41, 5.74) is 5.26. The van der Waals surface area contributed by atoms with Gasteiger partial charge in [-0.1, -0.05) is 60.7 Å². The number of benzene rings is 4. The molecule has 0 heterocycles. The molecule has 0 spiro atoms. The van der Waals surface area contributed by atoms with E-state index in [1.54, 1.807) is 6.07 Å². The molecule has 142 valence electrons. The normalized spacial score (nSPS) is 12.1. The molecule has 0 aliphatic heterocycles. The van der Waals surface area contributed by atoms with Crippen LogP contribution in [-0.4, -0.2) is 5.91 Å². The van der Waals surface area contributed by atoms with Crippen molar-refractivity contribution >= 4 is 22.4 Å². The molecule has 0 aromatic heterocycles. The van der Waals surface area contributed by atoms with Crippen LogP contribution in [0.4, 0.5) is 5.69 Å². The average molecular weight is 379 g/mol. The molecule has 4 aromatic rings. The maximum Gasteiger partial charge on any atom is 0.255 e. The predicted octanol–water partition coefficient (Wildman–Crippen LogP) is 5.77. The number of carbonyl (C=O) groups is 1. The summed E-state index contributed by atoms with van der Waals surface area (Å²) in [7, 11) is 0. The summed E-state index contributed by atoms with van der Waals surface area (Å²) >= 11 is 0. The molecule has 1 aliphatic rings. The zero-order chi connectivity index (χ0) is 19.6. The van der Waals surface area contributed by atoms with Crippen LogP contribution in [0.3, 0.4) is 0 Å². The van der Waals surface area contributed by atoms with Crippen LogP contribution >= 0.6 is 0 Å². The van der Waals surface area contributed by atoms with E-state index in [1.807, 2.05) is 54.6 Å². The fraction of sp³-hybridized carbons (Fsp3) is 0.115. The van der Waals surface area contributed by atoms with Crippen molar-refractivity contribution in [3.05, 3.63) is 107 Å². The van der Waals surface area contributed by atoms with E-state index in [0.29, 0.717) is 17.9 Å². The molecule has 3 nitrogen and oxygen atoms in total. The van der Waals surface area contributed by atoms with Crippen molar-refractivity contribution in [3.8, 4) is 5.75 Å². The van der Waals surface area contributed by atoms with Gasteiger partial charge in [0.25, 0.3) is 5.91 Å². The Morgan fingerprint density at radius 2 is 1.62 bits per heavy atom. The van der Waals surface area contributed by atoms with Gasteiger partial charge in [0.2, 0.25) is 0 Å². The molecule has 0 bridgehead atoms. The van der Waals surface area contributed by atoms with Crippen LogP contribution in [0.2, 0.25) is 0 Å². The van der Waals surface area contributed by atoms with Gasteiger partial charge in [-0.2, -0.15) is 0 Å². The van der Waals surface area contributed by atoms with E-state index >= 15 is 0 Å². The summed E-state index contributed by atoms with van der Waals surface area (Å²) in [6.45, 7) is 0.473. The Morgan fingerprint density at radius 1 is 0.828 bits per heavy atom. The van der Waals surface area contributed by atoms with E-state index in [2.05, 4.69) is 29.6 Å². The lowest BCUT2D eigenvalue weighted by atomic mass is 10.0. The minimum absolute atomic E-state index is 0.131. The minimum atomic E-state index is -0.131. The van der Waals surface area contributed by atoms with Crippen LogP contribution in [0, 0.1) is 0 Å². The third kappa shape index (κ3) is 3.47. The summed E-state index contributed by atoms with van der Waals surface area (Å²) in [6.07, 6.45) is 2.15. The molecular formula is C26H21NO2. The SMILES string of the molecule is O=C(Nc1ccc2c3c(cccc13)CC2)c1cccc(OCc2ccccc2)c1. The second kappa shape index (κ2) is 7.44. The van der Waals surface area contributed by atoms with Crippen LogP contribution in [0.15, 0.2) is 84.9 Å². The third-order valence-electron chi connectivity index (χ3n) is 5.47. The Morgan fingerprint density at radius 3 is 2.48 bits per heavy atom. The Hall–Kier alpha value is -3.59. The highest BCUT2D eigenvalue weighted by atomic mass is 16.5. The molecule has 1 aliphatic carbocycles. The largest absolute Gasteiger partial charge is 0.489 e. The lowest BCUT2D eigenvalue weighted by molar-refractivity contribution is 0.102. The number of aryl methyl sites for hydroxylation is 2. The first-order valence-electron chi connectivity index (χ1n) is 9.89. The Labute approximate surface area is 170 Å². The molecule has 0 atom stereocenters. The van der Waals surface area contributed by atoms with Gasteiger partial charge in [0.1, 0.15) is 12.4 Å². The van der Waals surface area contributed by atoms with E-state index in [1.165, 1.54) is 16.5 Å². The number of anilines is 1. The van der Waals surface area contributed by atoms with E-state index in [-0.39, 0.29) is 5.91 Å². The van der Waals surface area contributed by atoms with Crippen LogP contribution in [0.1, 0.15) is 27.0 Å². The van der Waals surface area contributed by atoms with Gasteiger partial charge in [-0.3, -0.25) is 4.79 Å². The second-order valence-electron chi connectivity index (χ2n) is 7.37. The van der Waals surface area contributed by atoms with Crippen molar-refractivity contribution in [1.82, 2.24) is 0 Å². The first kappa shape index (κ1) is 17.5. The van der Waals surface area contributed by atoms with E-state index < -0.39 is 0 Å². The number of hydrogen-bond acceptors (Lipinski definition) is 2. The maximum absolute atomic E-state index is 12.9. The number of nitrogens with one attached hydrogen (secondary N) is 1. The third-order valence-corrected chi connectivity index (χ3v) is 5.47. The molecule has 1 N–H and O–H groups in total. The lowest BCUT2D eigenvalue weighted by Gasteiger charge is -2.12. The number of rotatable bonds is 5. The molecule has 0 saturated heterocycles. The van der Waals surface area contributed by atoms with Crippen molar-refractivity contribution in [3.63, 3.8) is 0 Å². The van der Waals surface area contributed by atoms with E-state index in [0.717, 1.165) is 29.5 Å². The van der Waals surface area contributed by atoms with Gasteiger partial charge in [-0.25, -0.2) is 0 Å². The highest BCUT2D eigenvalue weighted by Crippen LogP contribution is 2.35. The number of carbonyl (C=O) groups excluding carboxylic acids is 1. The standard InChI is InChI=1S/C26H21NO2/c28-26(21-9-4-10-22(16-21)29-17-18-6-2-1-3-7-18)27-24-15-14-20-13-12-19-8-5-11-23(24)25(19)20/h1-11,14-16H,12-13,17H2,(H,27,28). The quantitative estimate of drug-likeness (QED) is 0.478. The van der Waals surface area contributed by atoms with Crippen molar-refractivity contribution in [2.75, 3.05) is 5.32 Å². The van der Waals surface area contributed by atoms with E-state index in [9.17, 15) is 4.79 Å². The Bertz CT molecular complexity index is 1190. The number of ether oxygens (including phenoxy) is 1. The summed E-state index contributed by atoms with van der Waals surface area (Å²) in [5, 5.41) is 5.50. The first-order chi connectivity index (χ1) is 14.3. The molecule has 3 heteroatoms. The Balaban J connectivity index is 1.36. The average Bonchev–Trinajstić information content (AvgIpc) is 3.20. The van der Waals surface area contributed by atoms with Crippen LogP contribution in [0.25, 0.3) is 10.8 Å². The topological polar surface area (TPSA) is 38.3 Å². The molecule has 29 heavy (non-hydrogen) atoms. The first-order valence-corrected chi connectivity index (χ1v) is 9.89. The van der Waals surface area contributed by atoms with E-state index in [4.69, 9.17) is 4.74 Å². The van der Waals surface area contributed by atoms with Gasteiger partial charge in [-0.15, -0.1) is 0 Å². The summed E-state index contributed by atoms with van der Waals surface area (Å²) < 4.78 is 5.86. The molecule has 0 radical (unpaired) electrons. The van der Waals surface area contributed by atoms with Crippen molar-refractivity contribution in [2.45, 2.75) is 19.4 Å². The summed E-state index contributed by atoms with van der Waals surface area (Å²) in [4.78, 5) is 12.9. The highest BCUT2D eigenvalue weighted by molar-refractivity contribution is 6.10. The predicted molar refractivity (Wildman–Crippen MR) is 117 cm³/mol. The molecule has 0 fully saturated rings. The summed E-state index contributed by atoms with van der Waals surface area (Å²) in [5.74, 6) is 0.552. The van der Waals surface area contributed by atoms with Gasteiger partial charge in [0, 0.05) is 16.6 Å². The zero-order valence-corrected chi connectivity index (χ0v) is 16.0. The molecule has 1 amide bonds. The van der Waals surface area contributed by atoms with Crippen molar-refractivity contribution in [1.29, 1.82) is 0 Å². The van der Waals surface area contributed by atoms with Gasteiger partial charge >= 0.3 is 0 Å². The fourth-order valence-electron chi connectivity index (χ4n) is 4.02. The highest BCUT2D eigenvalue weighted by Gasteiger charge is 2.17. The zero-order valence-electron chi connectivity index (χ0n) is 16.0. The molecule has 4 aromatic carbocycles. The monoisotopic (exact) mass is 379 g/mol. The number of hydrogen-bond donors (Lipinski definition) is 1. The van der Waals surface area contributed by atoms with Crippen LogP contribution < -0.4 is 10.1 Å². The molecule has 5 rings (SSSR count). The minimum Gasteiger partial charge on any atom is -0.489 e. The van der Waals surface area contributed by atoms with Crippen LogP contribution in [-0.2, 0) is 19.4 Å². The van der Waals surface area contributed by atoms with Gasteiger partial charge in [-0.05, 0) is 59.2 Å². The second-order valence-corrected chi connectivity index (χ2v) is 7.37. The van der Waals surface area contributed by atoms with Gasteiger partial charge in [0.15, 0.2) is 0 Å². The van der Waals surface area contributed by atoms with Crippen LogP contribution in [0.5, 0.6) is 5.75 Å². The van der Waals surface area contributed by atoms with Gasteiger partial charge < -0.3 is 10.1 Å².